The maximum absolute atomic E-state index is 12.5. The van der Waals surface area contributed by atoms with Gasteiger partial charge in [-0.15, -0.1) is 0 Å². The fourth-order valence-corrected chi connectivity index (χ4v) is 3.63. The van der Waals surface area contributed by atoms with E-state index in [1.165, 1.54) is 0 Å². The van der Waals surface area contributed by atoms with Gasteiger partial charge in [-0.3, -0.25) is 9.48 Å². The van der Waals surface area contributed by atoms with Crippen molar-refractivity contribution in [1.82, 2.24) is 24.8 Å². The number of aromatic nitrogens is 4. The first-order chi connectivity index (χ1) is 11.5. The van der Waals surface area contributed by atoms with Crippen LogP contribution in [0.25, 0.3) is 0 Å². The normalized spacial score (nSPS) is 23.1. The zero-order valence-electron chi connectivity index (χ0n) is 13.9. The maximum Gasteiger partial charge on any atom is 0.257 e. The third-order valence-electron chi connectivity index (χ3n) is 4.99. The summed E-state index contributed by atoms with van der Waals surface area (Å²) in [6, 6.07) is 0. The summed E-state index contributed by atoms with van der Waals surface area (Å²) >= 11 is 0. The Bertz CT molecular complexity index is 744. The van der Waals surface area contributed by atoms with E-state index in [2.05, 4.69) is 15.2 Å². The molecule has 2 saturated heterocycles. The summed E-state index contributed by atoms with van der Waals surface area (Å²) in [7, 11) is 1.81. The molecule has 2 aromatic rings. The second-order valence-corrected chi connectivity index (χ2v) is 6.70. The standard InChI is InChI=1S/C16H21N5O3/c1-11-18-14(24-19-11)13-3-4-16(23-13)5-7-21(8-6-16)15(22)12-9-17-20(2)10-12/h9-10,13H,3-8H2,1-2H3/t13-/m0/s1. The number of rotatable bonds is 2. The SMILES string of the molecule is Cc1noc([C@@H]2CCC3(CCN(C(=O)c4cnn(C)c4)CC3)O2)n1. The molecule has 1 atom stereocenters. The number of nitrogens with zero attached hydrogens (tertiary/aromatic N) is 5. The molecule has 0 radical (unpaired) electrons. The van der Waals surface area contributed by atoms with Gasteiger partial charge in [0.05, 0.1) is 17.4 Å². The van der Waals surface area contributed by atoms with Gasteiger partial charge in [0.15, 0.2) is 5.82 Å². The van der Waals surface area contributed by atoms with Crippen LogP contribution >= 0.6 is 0 Å². The number of piperidine rings is 1. The molecule has 2 aliphatic heterocycles. The summed E-state index contributed by atoms with van der Waals surface area (Å²) in [5.41, 5.74) is 0.471. The summed E-state index contributed by atoms with van der Waals surface area (Å²) < 4.78 is 13.2. The van der Waals surface area contributed by atoms with Gasteiger partial charge >= 0.3 is 0 Å². The third kappa shape index (κ3) is 2.71. The second-order valence-electron chi connectivity index (χ2n) is 6.70. The summed E-state index contributed by atoms with van der Waals surface area (Å²) in [6.45, 7) is 3.20. The molecule has 0 aliphatic carbocycles. The average Bonchev–Trinajstić information content (AvgIpc) is 3.28. The van der Waals surface area contributed by atoms with Crippen LogP contribution in [0.15, 0.2) is 16.9 Å². The van der Waals surface area contributed by atoms with Crippen LogP contribution in [0.1, 0.15) is 53.9 Å². The molecule has 2 fully saturated rings. The van der Waals surface area contributed by atoms with Crippen LogP contribution in [-0.2, 0) is 11.8 Å². The van der Waals surface area contributed by atoms with Gasteiger partial charge in [-0.25, -0.2) is 0 Å². The van der Waals surface area contributed by atoms with Crippen molar-refractivity contribution >= 4 is 5.91 Å². The highest BCUT2D eigenvalue weighted by Gasteiger charge is 2.45. The van der Waals surface area contributed by atoms with Crippen molar-refractivity contribution in [3.63, 3.8) is 0 Å². The Hall–Kier alpha value is -2.22. The fraction of sp³-hybridized carbons (Fsp3) is 0.625. The van der Waals surface area contributed by atoms with E-state index in [-0.39, 0.29) is 17.6 Å². The fourth-order valence-electron chi connectivity index (χ4n) is 3.63. The molecule has 128 valence electrons. The van der Waals surface area contributed by atoms with E-state index < -0.39 is 0 Å². The molecule has 0 saturated carbocycles. The lowest BCUT2D eigenvalue weighted by molar-refractivity contribution is -0.0820. The molecular weight excluding hydrogens is 310 g/mol. The number of amides is 1. The van der Waals surface area contributed by atoms with Crippen LogP contribution in [0, 0.1) is 6.92 Å². The monoisotopic (exact) mass is 331 g/mol. The first kappa shape index (κ1) is 15.3. The Balaban J connectivity index is 1.38. The van der Waals surface area contributed by atoms with E-state index in [1.807, 2.05) is 11.9 Å². The minimum Gasteiger partial charge on any atom is -0.362 e. The van der Waals surface area contributed by atoms with Gasteiger partial charge < -0.3 is 14.2 Å². The molecule has 8 nitrogen and oxygen atoms in total. The van der Waals surface area contributed by atoms with Crippen molar-refractivity contribution in [2.45, 2.75) is 44.3 Å². The third-order valence-corrected chi connectivity index (χ3v) is 4.99. The average molecular weight is 331 g/mol. The van der Waals surface area contributed by atoms with Gasteiger partial charge in [0.2, 0.25) is 0 Å². The van der Waals surface area contributed by atoms with E-state index in [0.717, 1.165) is 25.7 Å². The minimum absolute atomic E-state index is 0.0417. The van der Waals surface area contributed by atoms with Crippen molar-refractivity contribution in [3.8, 4) is 0 Å². The summed E-state index contributed by atoms with van der Waals surface area (Å²) in [5.74, 6) is 1.24. The Morgan fingerprint density at radius 2 is 2.12 bits per heavy atom. The maximum atomic E-state index is 12.5. The summed E-state index contributed by atoms with van der Waals surface area (Å²) in [6.07, 6.45) is 6.78. The molecule has 4 heterocycles. The quantitative estimate of drug-likeness (QED) is 0.831. The Morgan fingerprint density at radius 3 is 2.75 bits per heavy atom. The number of carbonyl (C=O) groups excluding carboxylic acids is 1. The number of hydrogen-bond donors (Lipinski definition) is 0. The number of aryl methyl sites for hydroxylation is 2. The highest BCUT2D eigenvalue weighted by molar-refractivity contribution is 5.93. The van der Waals surface area contributed by atoms with Crippen molar-refractivity contribution < 1.29 is 14.1 Å². The topological polar surface area (TPSA) is 86.3 Å². The smallest absolute Gasteiger partial charge is 0.257 e. The molecule has 2 aromatic heterocycles. The molecule has 0 bridgehead atoms. The Labute approximate surface area is 139 Å². The molecule has 1 spiro atoms. The molecule has 0 N–H and O–H groups in total. The zero-order valence-corrected chi connectivity index (χ0v) is 13.9. The highest BCUT2D eigenvalue weighted by atomic mass is 16.5. The Kier molecular flexibility index (Phi) is 3.64. The van der Waals surface area contributed by atoms with E-state index in [1.54, 1.807) is 24.0 Å². The lowest BCUT2D eigenvalue weighted by Gasteiger charge is -2.38. The van der Waals surface area contributed by atoms with Gasteiger partial charge in [-0.2, -0.15) is 10.1 Å². The lowest BCUT2D eigenvalue weighted by Crippen LogP contribution is -2.46. The molecule has 8 heteroatoms. The summed E-state index contributed by atoms with van der Waals surface area (Å²) in [4.78, 5) is 18.7. The van der Waals surface area contributed by atoms with E-state index in [4.69, 9.17) is 9.26 Å². The largest absolute Gasteiger partial charge is 0.362 e. The molecule has 2 aliphatic rings. The number of hydrogen-bond acceptors (Lipinski definition) is 6. The van der Waals surface area contributed by atoms with Crippen LogP contribution in [0.5, 0.6) is 0 Å². The van der Waals surface area contributed by atoms with Crippen LogP contribution in [-0.4, -0.2) is 49.4 Å². The van der Waals surface area contributed by atoms with Crippen molar-refractivity contribution in [2.24, 2.45) is 7.05 Å². The van der Waals surface area contributed by atoms with Crippen molar-refractivity contribution in [2.75, 3.05) is 13.1 Å². The zero-order chi connectivity index (χ0) is 16.7. The first-order valence-electron chi connectivity index (χ1n) is 8.31. The predicted molar refractivity (Wildman–Crippen MR) is 83.2 cm³/mol. The van der Waals surface area contributed by atoms with Gasteiger partial charge in [0.25, 0.3) is 11.8 Å². The van der Waals surface area contributed by atoms with E-state index in [0.29, 0.717) is 30.4 Å². The van der Waals surface area contributed by atoms with Crippen LogP contribution in [0.3, 0.4) is 0 Å². The van der Waals surface area contributed by atoms with Crippen molar-refractivity contribution in [1.29, 1.82) is 0 Å². The highest BCUT2D eigenvalue weighted by Crippen LogP contribution is 2.44. The minimum atomic E-state index is -0.168. The van der Waals surface area contributed by atoms with Gasteiger partial charge in [0.1, 0.15) is 6.10 Å². The summed E-state index contributed by atoms with van der Waals surface area (Å²) in [5, 5.41) is 7.91. The molecule has 0 unspecified atom stereocenters. The molecule has 4 rings (SSSR count). The Morgan fingerprint density at radius 1 is 1.33 bits per heavy atom. The van der Waals surface area contributed by atoms with Crippen LogP contribution in [0.4, 0.5) is 0 Å². The van der Waals surface area contributed by atoms with Gasteiger partial charge in [-0.1, -0.05) is 5.16 Å². The number of ether oxygens (including phenoxy) is 1. The number of likely N-dealkylation sites (tertiary alicyclic amines) is 1. The van der Waals surface area contributed by atoms with E-state index >= 15 is 0 Å². The predicted octanol–water partition coefficient (Wildman–Crippen LogP) is 1.64. The van der Waals surface area contributed by atoms with Gasteiger partial charge in [-0.05, 0) is 32.6 Å². The van der Waals surface area contributed by atoms with Crippen LogP contribution < -0.4 is 0 Å². The lowest BCUT2D eigenvalue weighted by atomic mass is 9.88. The van der Waals surface area contributed by atoms with Crippen LogP contribution in [0.2, 0.25) is 0 Å². The second kappa shape index (κ2) is 5.70. The van der Waals surface area contributed by atoms with Crippen molar-refractivity contribution in [3.05, 3.63) is 29.7 Å². The van der Waals surface area contributed by atoms with E-state index in [9.17, 15) is 4.79 Å². The molecule has 24 heavy (non-hydrogen) atoms. The number of carbonyl (C=O) groups is 1. The first-order valence-corrected chi connectivity index (χ1v) is 8.31. The molecular formula is C16H21N5O3. The molecule has 1 amide bonds. The van der Waals surface area contributed by atoms with Gasteiger partial charge in [0, 0.05) is 26.3 Å². The molecule has 0 aromatic carbocycles.